The molecule has 0 aliphatic rings. The number of benzene rings is 1. The summed E-state index contributed by atoms with van der Waals surface area (Å²) >= 11 is 9.27. The molecule has 0 saturated heterocycles. The number of carboxylic acid groups (broad SMARTS) is 1. The van der Waals surface area contributed by atoms with Crippen LogP contribution in [0.1, 0.15) is 18.9 Å². The highest BCUT2D eigenvalue weighted by Gasteiger charge is 2.22. The van der Waals surface area contributed by atoms with Gasteiger partial charge in [0.1, 0.15) is 6.04 Å². The van der Waals surface area contributed by atoms with Crippen LogP contribution in [-0.2, 0) is 16.0 Å². The molecule has 0 spiro atoms. The first-order valence-electron chi connectivity index (χ1n) is 5.86. The van der Waals surface area contributed by atoms with Gasteiger partial charge >= 0.3 is 5.97 Å². The van der Waals surface area contributed by atoms with Crippen molar-refractivity contribution in [1.82, 2.24) is 5.32 Å². The third kappa shape index (κ3) is 4.84. The summed E-state index contributed by atoms with van der Waals surface area (Å²) in [7, 11) is 0. The quantitative estimate of drug-likeness (QED) is 0.777. The van der Waals surface area contributed by atoms with E-state index in [1.54, 1.807) is 13.0 Å². The number of halogens is 2. The van der Waals surface area contributed by atoms with Crippen LogP contribution in [0.2, 0.25) is 5.02 Å². The van der Waals surface area contributed by atoms with E-state index in [1.165, 1.54) is 0 Å². The maximum absolute atomic E-state index is 11.9. The Morgan fingerprint density at radius 1 is 1.42 bits per heavy atom. The minimum atomic E-state index is -1.03. The molecule has 1 aromatic carbocycles. The molecule has 0 saturated carbocycles. The van der Waals surface area contributed by atoms with Crippen LogP contribution in [0.25, 0.3) is 0 Å². The first-order chi connectivity index (χ1) is 8.95. The molecule has 2 atom stereocenters. The lowest BCUT2D eigenvalue weighted by molar-refractivity contribution is -0.141. The Labute approximate surface area is 125 Å². The highest BCUT2D eigenvalue weighted by molar-refractivity contribution is 9.10. The Morgan fingerprint density at radius 2 is 2.05 bits per heavy atom. The monoisotopic (exact) mass is 347 g/mol. The average molecular weight is 349 g/mol. The van der Waals surface area contributed by atoms with Crippen molar-refractivity contribution in [3.05, 3.63) is 34.9 Å². The molecule has 0 radical (unpaired) electrons. The molecule has 0 aliphatic carbocycles. The summed E-state index contributed by atoms with van der Waals surface area (Å²) in [6, 6.07) is 6.37. The molecule has 0 fully saturated rings. The van der Waals surface area contributed by atoms with E-state index in [1.807, 2.05) is 18.2 Å². The second kappa shape index (κ2) is 7.50. The number of amides is 1. The molecule has 104 valence electrons. The smallest absolute Gasteiger partial charge is 0.326 e. The standard InChI is InChI=1S/C13H15BrClNO3/c1-2-11(13(18)19)16-12(17)9(14)7-8-5-3-4-6-10(8)15/h3-6,9,11H,2,7H2,1H3,(H,16,17)(H,18,19). The van der Waals surface area contributed by atoms with Gasteiger partial charge in [-0.2, -0.15) is 0 Å². The van der Waals surface area contributed by atoms with Crippen LogP contribution in [-0.4, -0.2) is 27.9 Å². The van der Waals surface area contributed by atoms with Crippen molar-refractivity contribution in [2.45, 2.75) is 30.6 Å². The van der Waals surface area contributed by atoms with E-state index in [0.29, 0.717) is 17.9 Å². The van der Waals surface area contributed by atoms with Gasteiger partial charge in [0, 0.05) is 5.02 Å². The van der Waals surface area contributed by atoms with E-state index < -0.39 is 16.8 Å². The number of carbonyl (C=O) groups excluding carboxylic acids is 1. The largest absolute Gasteiger partial charge is 0.480 e. The molecule has 0 heterocycles. The second-order valence-electron chi connectivity index (χ2n) is 4.07. The Morgan fingerprint density at radius 3 is 2.58 bits per heavy atom. The number of rotatable bonds is 6. The number of hydrogen-bond acceptors (Lipinski definition) is 2. The molecule has 1 rings (SSSR count). The van der Waals surface area contributed by atoms with Crippen LogP contribution in [0.15, 0.2) is 24.3 Å². The van der Waals surface area contributed by atoms with Crippen molar-refractivity contribution >= 4 is 39.4 Å². The van der Waals surface area contributed by atoms with E-state index in [0.717, 1.165) is 5.56 Å². The Hall–Kier alpha value is -1.07. The molecule has 2 N–H and O–H groups in total. The van der Waals surface area contributed by atoms with Gasteiger partial charge in [0.2, 0.25) is 5.91 Å². The van der Waals surface area contributed by atoms with Gasteiger partial charge in [-0.05, 0) is 24.5 Å². The summed E-state index contributed by atoms with van der Waals surface area (Å²) in [4.78, 5) is 22.2. The third-order valence-corrected chi connectivity index (χ3v) is 3.77. The van der Waals surface area contributed by atoms with Gasteiger partial charge in [0.05, 0.1) is 4.83 Å². The van der Waals surface area contributed by atoms with Crippen molar-refractivity contribution in [2.75, 3.05) is 0 Å². The predicted molar refractivity (Wildman–Crippen MR) is 77.7 cm³/mol. The second-order valence-corrected chi connectivity index (χ2v) is 5.58. The number of carbonyl (C=O) groups is 2. The van der Waals surface area contributed by atoms with E-state index in [4.69, 9.17) is 16.7 Å². The zero-order valence-corrected chi connectivity index (χ0v) is 12.7. The van der Waals surface area contributed by atoms with Crippen molar-refractivity contribution in [3.63, 3.8) is 0 Å². The molecular formula is C13H15BrClNO3. The zero-order valence-electron chi connectivity index (χ0n) is 10.4. The van der Waals surface area contributed by atoms with E-state index in [-0.39, 0.29) is 5.91 Å². The highest BCUT2D eigenvalue weighted by atomic mass is 79.9. The summed E-state index contributed by atoms with van der Waals surface area (Å²) in [6.07, 6.45) is 0.744. The summed E-state index contributed by atoms with van der Waals surface area (Å²) in [6.45, 7) is 1.70. The number of alkyl halides is 1. The van der Waals surface area contributed by atoms with Crippen molar-refractivity contribution < 1.29 is 14.7 Å². The van der Waals surface area contributed by atoms with E-state index in [9.17, 15) is 9.59 Å². The Bertz CT molecular complexity index is 467. The van der Waals surface area contributed by atoms with Gasteiger partial charge in [0.15, 0.2) is 0 Å². The Kier molecular flexibility index (Phi) is 6.31. The fourth-order valence-corrected chi connectivity index (χ4v) is 2.24. The molecule has 0 aliphatic heterocycles. The average Bonchev–Trinajstić information content (AvgIpc) is 2.37. The maximum atomic E-state index is 11.9. The van der Waals surface area contributed by atoms with Gasteiger partial charge in [-0.15, -0.1) is 0 Å². The van der Waals surface area contributed by atoms with Crippen molar-refractivity contribution in [1.29, 1.82) is 0 Å². The maximum Gasteiger partial charge on any atom is 0.326 e. The predicted octanol–water partition coefficient (Wildman–Crippen LogP) is 2.63. The van der Waals surface area contributed by atoms with E-state index >= 15 is 0 Å². The third-order valence-electron chi connectivity index (χ3n) is 2.66. The van der Waals surface area contributed by atoms with Gasteiger partial charge in [-0.25, -0.2) is 4.79 Å². The van der Waals surface area contributed by atoms with Crippen LogP contribution < -0.4 is 5.32 Å². The molecular weight excluding hydrogens is 334 g/mol. The van der Waals surface area contributed by atoms with Gasteiger partial charge in [-0.1, -0.05) is 52.7 Å². The molecule has 0 bridgehead atoms. The highest BCUT2D eigenvalue weighted by Crippen LogP contribution is 2.19. The van der Waals surface area contributed by atoms with Crippen molar-refractivity contribution in [3.8, 4) is 0 Å². The van der Waals surface area contributed by atoms with Crippen LogP contribution in [0.3, 0.4) is 0 Å². The summed E-state index contributed by atoms with van der Waals surface area (Å²) in [5.41, 5.74) is 0.838. The number of nitrogens with one attached hydrogen (secondary N) is 1. The fraction of sp³-hybridized carbons (Fsp3) is 0.385. The topological polar surface area (TPSA) is 66.4 Å². The minimum absolute atomic E-state index is 0.340. The lowest BCUT2D eigenvalue weighted by atomic mass is 10.1. The van der Waals surface area contributed by atoms with Gasteiger partial charge < -0.3 is 10.4 Å². The molecule has 2 unspecified atom stereocenters. The fourth-order valence-electron chi connectivity index (χ4n) is 1.55. The van der Waals surface area contributed by atoms with Crippen LogP contribution >= 0.6 is 27.5 Å². The molecule has 1 aromatic rings. The van der Waals surface area contributed by atoms with Gasteiger partial charge in [0.25, 0.3) is 0 Å². The number of aliphatic carboxylic acids is 1. The SMILES string of the molecule is CCC(NC(=O)C(Br)Cc1ccccc1Cl)C(=O)O. The molecule has 4 nitrogen and oxygen atoms in total. The first-order valence-corrected chi connectivity index (χ1v) is 7.15. The summed E-state index contributed by atoms with van der Waals surface area (Å²) < 4.78 is 0. The minimum Gasteiger partial charge on any atom is -0.480 e. The molecule has 6 heteroatoms. The molecule has 19 heavy (non-hydrogen) atoms. The lowest BCUT2D eigenvalue weighted by Gasteiger charge is -2.16. The van der Waals surface area contributed by atoms with Crippen LogP contribution in [0.5, 0.6) is 0 Å². The summed E-state index contributed by atoms with van der Waals surface area (Å²) in [5, 5.41) is 12.0. The van der Waals surface area contributed by atoms with Crippen LogP contribution in [0, 0.1) is 0 Å². The lowest BCUT2D eigenvalue weighted by Crippen LogP contribution is -2.44. The normalized spacial score (nSPS) is 13.6. The zero-order chi connectivity index (χ0) is 14.4. The van der Waals surface area contributed by atoms with Crippen LogP contribution in [0.4, 0.5) is 0 Å². The van der Waals surface area contributed by atoms with Gasteiger partial charge in [-0.3, -0.25) is 4.79 Å². The first kappa shape index (κ1) is 16.0. The Balaban J connectivity index is 2.63. The summed E-state index contributed by atoms with van der Waals surface area (Å²) in [5.74, 6) is -1.39. The number of hydrogen-bond donors (Lipinski definition) is 2. The molecule has 0 aromatic heterocycles. The molecule has 1 amide bonds. The van der Waals surface area contributed by atoms with Crippen molar-refractivity contribution in [2.24, 2.45) is 0 Å². The van der Waals surface area contributed by atoms with E-state index in [2.05, 4.69) is 21.2 Å². The number of carboxylic acids is 1.